The van der Waals surface area contributed by atoms with Crippen molar-refractivity contribution in [3.8, 4) is 0 Å². The number of fused-ring (bicyclic) bond motifs is 5. The normalized spacial score (nSPS) is 49.9. The molecule has 0 bridgehead atoms. The van der Waals surface area contributed by atoms with Gasteiger partial charge in [-0.25, -0.2) is 0 Å². The largest absolute Gasteiger partial charge is 0.393 e. The summed E-state index contributed by atoms with van der Waals surface area (Å²) in [6.45, 7) is 7.48. The molecule has 25 heavy (non-hydrogen) atoms. The lowest BCUT2D eigenvalue weighted by Gasteiger charge is -2.58. The Morgan fingerprint density at radius 2 is 1.96 bits per heavy atom. The SMILES string of the molecule is CC(=CCO)C1CCC2C3CC=C4CC(O)CCC4(C)C3CCC12C. The van der Waals surface area contributed by atoms with E-state index in [4.69, 9.17) is 0 Å². The number of hydrogen-bond donors (Lipinski definition) is 2. The minimum Gasteiger partial charge on any atom is -0.393 e. The lowest BCUT2D eigenvalue weighted by molar-refractivity contribution is -0.0454. The van der Waals surface area contributed by atoms with E-state index < -0.39 is 0 Å². The molecule has 0 aromatic carbocycles. The van der Waals surface area contributed by atoms with Crippen LogP contribution in [-0.4, -0.2) is 22.9 Å². The van der Waals surface area contributed by atoms with E-state index in [9.17, 15) is 10.2 Å². The molecule has 0 amide bonds. The summed E-state index contributed by atoms with van der Waals surface area (Å²) in [4.78, 5) is 0. The first-order valence-corrected chi connectivity index (χ1v) is 10.5. The van der Waals surface area contributed by atoms with Crippen LogP contribution >= 0.6 is 0 Å². The average Bonchev–Trinajstić information content (AvgIpc) is 2.93. The van der Waals surface area contributed by atoms with E-state index in [1.165, 1.54) is 44.1 Å². The predicted molar refractivity (Wildman–Crippen MR) is 102 cm³/mol. The Hall–Kier alpha value is -0.600. The smallest absolute Gasteiger partial charge is 0.0615 e. The highest BCUT2D eigenvalue weighted by Crippen LogP contribution is 2.67. The molecule has 0 aromatic heterocycles. The first-order valence-electron chi connectivity index (χ1n) is 10.5. The van der Waals surface area contributed by atoms with Gasteiger partial charge in [0.2, 0.25) is 0 Å². The van der Waals surface area contributed by atoms with Crippen molar-refractivity contribution >= 4 is 0 Å². The molecule has 4 aliphatic rings. The Labute approximate surface area is 153 Å². The monoisotopic (exact) mass is 344 g/mol. The van der Waals surface area contributed by atoms with Crippen molar-refractivity contribution in [2.45, 2.75) is 78.2 Å². The summed E-state index contributed by atoms with van der Waals surface area (Å²) in [6.07, 6.45) is 14.1. The number of hydrogen-bond acceptors (Lipinski definition) is 2. The van der Waals surface area contributed by atoms with Crippen molar-refractivity contribution in [3.63, 3.8) is 0 Å². The van der Waals surface area contributed by atoms with Gasteiger partial charge in [-0.15, -0.1) is 0 Å². The van der Waals surface area contributed by atoms with Gasteiger partial charge in [0.15, 0.2) is 0 Å². The third-order valence-electron chi connectivity index (χ3n) is 9.04. The summed E-state index contributed by atoms with van der Waals surface area (Å²) < 4.78 is 0. The lowest BCUT2D eigenvalue weighted by atomic mass is 9.47. The molecular weight excluding hydrogens is 308 g/mol. The zero-order valence-electron chi connectivity index (χ0n) is 16.3. The molecule has 4 aliphatic carbocycles. The van der Waals surface area contributed by atoms with Gasteiger partial charge in [0.1, 0.15) is 0 Å². The van der Waals surface area contributed by atoms with Gasteiger partial charge in [0, 0.05) is 0 Å². The Morgan fingerprint density at radius 3 is 2.72 bits per heavy atom. The van der Waals surface area contributed by atoms with Crippen LogP contribution in [0.4, 0.5) is 0 Å². The molecule has 0 aromatic rings. The molecule has 7 unspecified atom stereocenters. The van der Waals surface area contributed by atoms with Crippen LogP contribution < -0.4 is 0 Å². The highest BCUT2D eigenvalue weighted by molar-refractivity contribution is 5.26. The fourth-order valence-corrected chi connectivity index (χ4v) is 7.68. The fraction of sp³-hybridized carbons (Fsp3) is 0.826. The van der Waals surface area contributed by atoms with Gasteiger partial charge in [0.05, 0.1) is 12.7 Å². The third-order valence-corrected chi connectivity index (χ3v) is 9.04. The van der Waals surface area contributed by atoms with Gasteiger partial charge >= 0.3 is 0 Å². The molecule has 0 spiro atoms. The van der Waals surface area contributed by atoms with Gasteiger partial charge in [-0.2, -0.15) is 0 Å². The van der Waals surface area contributed by atoms with Gasteiger partial charge in [-0.1, -0.05) is 37.1 Å². The fourth-order valence-electron chi connectivity index (χ4n) is 7.68. The molecule has 4 rings (SSSR count). The quantitative estimate of drug-likeness (QED) is 0.702. The second-order valence-electron chi connectivity index (χ2n) is 9.96. The van der Waals surface area contributed by atoms with E-state index >= 15 is 0 Å². The first-order chi connectivity index (χ1) is 11.9. The van der Waals surface area contributed by atoms with Crippen LogP contribution in [0.2, 0.25) is 0 Å². The summed E-state index contributed by atoms with van der Waals surface area (Å²) in [7, 11) is 0. The molecule has 3 saturated carbocycles. The second kappa shape index (κ2) is 6.23. The van der Waals surface area contributed by atoms with Gasteiger partial charge in [-0.3, -0.25) is 0 Å². The Balaban J connectivity index is 1.63. The summed E-state index contributed by atoms with van der Waals surface area (Å²) >= 11 is 0. The predicted octanol–water partition coefficient (Wildman–Crippen LogP) is 4.86. The molecule has 7 atom stereocenters. The minimum absolute atomic E-state index is 0.105. The van der Waals surface area contributed by atoms with E-state index in [2.05, 4.69) is 26.8 Å². The topological polar surface area (TPSA) is 40.5 Å². The van der Waals surface area contributed by atoms with E-state index in [-0.39, 0.29) is 12.7 Å². The van der Waals surface area contributed by atoms with Crippen LogP contribution in [0.15, 0.2) is 23.3 Å². The second-order valence-corrected chi connectivity index (χ2v) is 9.96. The Bertz CT molecular complexity index is 591. The van der Waals surface area contributed by atoms with Crippen LogP contribution in [0, 0.1) is 34.5 Å². The highest BCUT2D eigenvalue weighted by Gasteiger charge is 2.58. The van der Waals surface area contributed by atoms with E-state index in [0.29, 0.717) is 16.7 Å². The van der Waals surface area contributed by atoms with Crippen molar-refractivity contribution in [1.82, 2.24) is 0 Å². The van der Waals surface area contributed by atoms with Crippen LogP contribution in [0.5, 0.6) is 0 Å². The molecule has 0 heterocycles. The maximum atomic E-state index is 10.1. The molecule has 2 heteroatoms. The molecule has 3 fully saturated rings. The van der Waals surface area contributed by atoms with Crippen molar-refractivity contribution in [3.05, 3.63) is 23.3 Å². The third kappa shape index (κ3) is 2.58. The summed E-state index contributed by atoms with van der Waals surface area (Å²) in [6, 6.07) is 0. The molecule has 0 saturated heterocycles. The van der Waals surface area contributed by atoms with Gasteiger partial charge in [0.25, 0.3) is 0 Å². The van der Waals surface area contributed by atoms with Crippen LogP contribution in [0.3, 0.4) is 0 Å². The van der Waals surface area contributed by atoms with E-state index in [1.54, 1.807) is 5.57 Å². The molecular formula is C23H36O2. The summed E-state index contributed by atoms with van der Waals surface area (Å²) in [5.41, 5.74) is 3.76. The number of rotatable bonds is 2. The molecule has 140 valence electrons. The van der Waals surface area contributed by atoms with Crippen molar-refractivity contribution in [1.29, 1.82) is 0 Å². The maximum absolute atomic E-state index is 10.1. The lowest BCUT2D eigenvalue weighted by Crippen LogP contribution is -2.50. The Morgan fingerprint density at radius 1 is 1.16 bits per heavy atom. The van der Waals surface area contributed by atoms with Crippen LogP contribution in [0.25, 0.3) is 0 Å². The van der Waals surface area contributed by atoms with Crippen LogP contribution in [-0.2, 0) is 0 Å². The van der Waals surface area contributed by atoms with Gasteiger partial charge in [-0.05, 0) is 92.8 Å². The summed E-state index contributed by atoms with van der Waals surface area (Å²) in [5.74, 6) is 3.14. The van der Waals surface area contributed by atoms with Crippen molar-refractivity contribution < 1.29 is 10.2 Å². The number of aliphatic hydroxyl groups excluding tert-OH is 2. The minimum atomic E-state index is -0.105. The molecule has 2 N–H and O–H groups in total. The number of aliphatic hydroxyl groups is 2. The first kappa shape index (κ1) is 17.8. The Kier molecular flexibility index (Phi) is 4.44. The highest BCUT2D eigenvalue weighted by atomic mass is 16.3. The zero-order chi connectivity index (χ0) is 17.8. The summed E-state index contributed by atoms with van der Waals surface area (Å²) in [5, 5.41) is 19.5. The van der Waals surface area contributed by atoms with Crippen molar-refractivity contribution in [2.75, 3.05) is 6.61 Å². The molecule has 0 radical (unpaired) electrons. The van der Waals surface area contributed by atoms with Gasteiger partial charge < -0.3 is 10.2 Å². The maximum Gasteiger partial charge on any atom is 0.0615 e. The van der Waals surface area contributed by atoms with Crippen LogP contribution in [0.1, 0.15) is 72.1 Å². The zero-order valence-corrected chi connectivity index (χ0v) is 16.3. The van der Waals surface area contributed by atoms with Crippen molar-refractivity contribution in [2.24, 2.45) is 34.5 Å². The van der Waals surface area contributed by atoms with E-state index in [0.717, 1.165) is 30.6 Å². The number of allylic oxidation sites excluding steroid dienone is 2. The standard InChI is InChI=1S/C23H36O2/c1-15(10-13-24)19-6-7-20-18-5-4-16-14-17(25)8-11-22(16,2)21(18)9-12-23(19,20)3/h4,10,17-21,24-25H,5-9,11-14H2,1-3H3. The van der Waals surface area contributed by atoms with E-state index in [1.807, 2.05) is 6.08 Å². The molecule has 2 nitrogen and oxygen atoms in total. The average molecular weight is 345 g/mol. The molecule has 0 aliphatic heterocycles.